The summed E-state index contributed by atoms with van der Waals surface area (Å²) in [6, 6.07) is 10.3. The predicted octanol–water partition coefficient (Wildman–Crippen LogP) is 5.33. The summed E-state index contributed by atoms with van der Waals surface area (Å²) >= 11 is 1.10. The fourth-order valence-electron chi connectivity index (χ4n) is 5.87. The van der Waals surface area contributed by atoms with Crippen molar-refractivity contribution >= 4 is 34.0 Å². The molecule has 2 saturated heterocycles. The molecule has 0 saturated carbocycles. The number of rotatable bonds is 7. The third-order valence-corrected chi connectivity index (χ3v) is 19.5. The van der Waals surface area contributed by atoms with Crippen molar-refractivity contribution in [1.82, 2.24) is 9.55 Å². The number of H-pyrrole nitrogens is 1. The molecule has 3 heterocycles. The molecule has 12 heteroatoms. The van der Waals surface area contributed by atoms with Gasteiger partial charge < -0.3 is 17.7 Å². The van der Waals surface area contributed by atoms with Crippen LogP contribution in [0.1, 0.15) is 72.0 Å². The number of aromatic nitrogens is 2. The topological polar surface area (TPSA) is 109 Å². The van der Waals surface area contributed by atoms with Gasteiger partial charge in [0.2, 0.25) is 5.12 Å². The highest BCUT2D eigenvalue weighted by Crippen LogP contribution is 2.50. The van der Waals surface area contributed by atoms with Gasteiger partial charge >= 0.3 is 22.8 Å². The number of carbonyl (C=O) groups is 1. The molecule has 9 nitrogen and oxygen atoms in total. The summed E-state index contributed by atoms with van der Waals surface area (Å²) in [4.78, 5) is 40.6. The van der Waals surface area contributed by atoms with Gasteiger partial charge in [-0.3, -0.25) is 19.1 Å². The number of benzene rings is 1. The molecule has 2 fully saturated rings. The van der Waals surface area contributed by atoms with Crippen LogP contribution in [-0.4, -0.2) is 55.9 Å². The Balaban J connectivity index is 1.85. The molecule has 0 aliphatic carbocycles. The fraction of sp³-hybridized carbons (Fsp3) is 0.607. The first-order valence-electron chi connectivity index (χ1n) is 14.1. The van der Waals surface area contributed by atoms with Crippen molar-refractivity contribution in [2.24, 2.45) is 0 Å². The molecule has 1 N–H and O–H groups in total. The van der Waals surface area contributed by atoms with Gasteiger partial charge in [0, 0.05) is 17.8 Å². The van der Waals surface area contributed by atoms with E-state index in [0.717, 1.165) is 11.8 Å². The minimum atomic E-state index is -3.01. The van der Waals surface area contributed by atoms with Crippen LogP contribution in [0.5, 0.6) is 0 Å². The Morgan fingerprint density at radius 1 is 0.925 bits per heavy atom. The van der Waals surface area contributed by atoms with E-state index < -0.39 is 52.1 Å². The molecular weight excluding hydrogens is 565 g/mol. The molecule has 0 unspecified atom stereocenters. The number of nitrogens with zero attached hydrogens (tertiary/aromatic N) is 1. The molecule has 0 amide bonds. The Morgan fingerprint density at radius 3 is 2.08 bits per heavy atom. The first kappa shape index (κ1) is 31.1. The van der Waals surface area contributed by atoms with E-state index in [-0.39, 0.29) is 33.9 Å². The van der Waals surface area contributed by atoms with E-state index in [2.05, 4.69) is 60.4 Å². The summed E-state index contributed by atoms with van der Waals surface area (Å²) < 4.78 is 29.3. The van der Waals surface area contributed by atoms with Gasteiger partial charge in [-0.25, -0.2) is 4.79 Å². The van der Waals surface area contributed by atoms with E-state index in [4.69, 9.17) is 17.7 Å². The summed E-state index contributed by atoms with van der Waals surface area (Å²) in [5.41, 5.74) is -0.0514. The average molecular weight is 607 g/mol. The molecule has 220 valence electrons. The zero-order chi connectivity index (χ0) is 29.4. The van der Waals surface area contributed by atoms with Gasteiger partial charge in [0.05, 0.1) is 18.0 Å². The van der Waals surface area contributed by atoms with Crippen LogP contribution < -0.4 is 11.2 Å². The van der Waals surface area contributed by atoms with Crippen LogP contribution in [0.4, 0.5) is 0 Å². The van der Waals surface area contributed by atoms with Crippen molar-refractivity contribution in [3.63, 3.8) is 0 Å². The monoisotopic (exact) mass is 606 g/mol. The Hall–Kier alpha value is -1.81. The molecule has 2 aromatic rings. The summed E-state index contributed by atoms with van der Waals surface area (Å²) in [6.07, 6.45) is -0.564. The Labute approximate surface area is 242 Å². The first-order chi connectivity index (χ1) is 18.8. The minimum absolute atomic E-state index is 0.0875. The van der Waals surface area contributed by atoms with Crippen molar-refractivity contribution in [2.45, 2.75) is 101 Å². The van der Waals surface area contributed by atoms with E-state index in [1.54, 1.807) is 12.1 Å². The lowest BCUT2D eigenvalue weighted by Crippen LogP contribution is -2.65. The Morgan fingerprint density at radius 2 is 1.52 bits per heavy atom. The third-order valence-electron chi connectivity index (χ3n) is 7.99. The van der Waals surface area contributed by atoms with Crippen molar-refractivity contribution < 1.29 is 22.5 Å². The van der Waals surface area contributed by atoms with Gasteiger partial charge in [0.15, 0.2) is 6.23 Å². The lowest BCUT2D eigenvalue weighted by Gasteiger charge is -2.51. The maximum absolute atomic E-state index is 13.5. The molecule has 1 aromatic carbocycles. The van der Waals surface area contributed by atoms with E-state index in [1.165, 1.54) is 16.8 Å². The minimum Gasteiger partial charge on any atom is -0.414 e. The number of ether oxygens (including phenoxy) is 1. The van der Waals surface area contributed by atoms with Crippen molar-refractivity contribution in [3.8, 4) is 0 Å². The van der Waals surface area contributed by atoms with E-state index in [0.29, 0.717) is 5.56 Å². The van der Waals surface area contributed by atoms with Crippen LogP contribution in [0.25, 0.3) is 0 Å². The highest BCUT2D eigenvalue weighted by atomic mass is 32.2. The lowest BCUT2D eigenvalue weighted by molar-refractivity contribution is -0.0565. The first-order valence-corrected chi connectivity index (χ1v) is 18.9. The van der Waals surface area contributed by atoms with E-state index in [9.17, 15) is 14.4 Å². The fourth-order valence-corrected chi connectivity index (χ4v) is 18.4. The van der Waals surface area contributed by atoms with Gasteiger partial charge in [0.1, 0.15) is 6.10 Å². The molecule has 4 rings (SSSR count). The second kappa shape index (κ2) is 12.2. The number of nitrogens with one attached hydrogen (secondary N) is 1. The number of hydrogen-bond acceptors (Lipinski definition) is 8. The molecule has 4 atom stereocenters. The Bertz CT molecular complexity index is 1280. The Kier molecular flexibility index (Phi) is 9.50. The van der Waals surface area contributed by atoms with Crippen LogP contribution >= 0.6 is 11.8 Å². The predicted molar refractivity (Wildman–Crippen MR) is 161 cm³/mol. The molecule has 2 aliphatic heterocycles. The normalized spacial score (nSPS) is 26.2. The number of thioether (sulfide) groups is 1. The number of fused-ring (bicyclic) bond motifs is 1. The van der Waals surface area contributed by atoms with E-state index in [1.807, 2.05) is 18.2 Å². The zero-order valence-corrected chi connectivity index (χ0v) is 27.4. The summed E-state index contributed by atoms with van der Waals surface area (Å²) in [6.45, 7) is 17.4. The SMILES string of the molecule is CC(C)[Si]1(C(C)C)OC[C@H]2O[C@@H](n3ccc(=O)[nH]c3=O)[C@H](SC(=O)c3ccccc3)[C@@H]2O[Si](C(C)C)(C(C)C)O1. The number of hydrogen-bond donors (Lipinski definition) is 1. The van der Waals surface area contributed by atoms with Gasteiger partial charge in [-0.15, -0.1) is 0 Å². The van der Waals surface area contributed by atoms with Crippen LogP contribution in [0.2, 0.25) is 22.2 Å². The highest BCUT2D eigenvalue weighted by molar-refractivity contribution is 8.14. The van der Waals surface area contributed by atoms with Crippen LogP contribution in [0.3, 0.4) is 0 Å². The molecule has 0 bridgehead atoms. The molecule has 1 aromatic heterocycles. The van der Waals surface area contributed by atoms with E-state index >= 15 is 0 Å². The third kappa shape index (κ3) is 5.76. The van der Waals surface area contributed by atoms with Crippen LogP contribution in [0.15, 0.2) is 52.2 Å². The molecule has 0 radical (unpaired) electrons. The van der Waals surface area contributed by atoms with Gasteiger partial charge in [-0.2, -0.15) is 0 Å². The maximum Gasteiger partial charge on any atom is 0.335 e. The summed E-state index contributed by atoms with van der Waals surface area (Å²) in [5, 5.41) is -0.746. The highest BCUT2D eigenvalue weighted by Gasteiger charge is 2.62. The molecule has 2 aliphatic rings. The smallest absolute Gasteiger partial charge is 0.335 e. The standard InChI is InChI=1S/C28H42N2O7SSi2/c1-17(2)39(18(3)4)34-16-22-24(36-40(37-39,19(5)6)20(7)8)25(38-27(32)21-12-10-9-11-13-21)26(35-22)30-15-14-23(31)29-28(30)33/h9-15,17-20,22,24-26H,16H2,1-8H3,(H,29,31,33)/t22-,24-,25-,26-/m1/s1. The second-order valence-electron chi connectivity index (χ2n) is 11.9. The molecular formula is C28H42N2O7SSi2. The van der Waals surface area contributed by atoms with Gasteiger partial charge in [-0.1, -0.05) is 97.5 Å². The average Bonchev–Trinajstić information content (AvgIpc) is 3.19. The van der Waals surface area contributed by atoms with Gasteiger partial charge in [0.25, 0.3) is 5.56 Å². The summed E-state index contributed by atoms with van der Waals surface area (Å²) in [5.74, 6) is 0. The summed E-state index contributed by atoms with van der Waals surface area (Å²) in [7, 11) is -5.81. The van der Waals surface area contributed by atoms with Gasteiger partial charge in [-0.05, 0) is 22.2 Å². The molecule has 40 heavy (non-hydrogen) atoms. The quantitative estimate of drug-likeness (QED) is 0.421. The van der Waals surface area contributed by atoms with Crippen molar-refractivity contribution in [3.05, 3.63) is 69.0 Å². The second-order valence-corrected chi connectivity index (χ2v) is 21.9. The van der Waals surface area contributed by atoms with Crippen molar-refractivity contribution in [1.29, 1.82) is 0 Å². The molecule has 0 spiro atoms. The van der Waals surface area contributed by atoms with Crippen LogP contribution in [0, 0.1) is 0 Å². The van der Waals surface area contributed by atoms with Crippen molar-refractivity contribution in [2.75, 3.05) is 6.61 Å². The number of carbonyl (C=O) groups excluding carboxylic acids is 1. The largest absolute Gasteiger partial charge is 0.414 e. The zero-order valence-electron chi connectivity index (χ0n) is 24.6. The lowest BCUT2D eigenvalue weighted by atomic mass is 10.2. The maximum atomic E-state index is 13.5. The van der Waals surface area contributed by atoms with Crippen LogP contribution in [-0.2, 0) is 17.7 Å². The number of aromatic amines is 1.